The highest BCUT2D eigenvalue weighted by atomic mass is 35.5. The second-order valence-electron chi connectivity index (χ2n) is 5.93. The lowest BCUT2D eigenvalue weighted by Crippen LogP contribution is -2.41. The van der Waals surface area contributed by atoms with E-state index < -0.39 is 35.9 Å². The van der Waals surface area contributed by atoms with Crippen molar-refractivity contribution >= 4 is 18.7 Å². The topological polar surface area (TPSA) is 44.5 Å². The van der Waals surface area contributed by atoms with E-state index >= 15 is 0 Å². The van der Waals surface area contributed by atoms with Gasteiger partial charge in [0.25, 0.3) is 0 Å². The van der Waals surface area contributed by atoms with Gasteiger partial charge in [0.2, 0.25) is 0 Å². The lowest BCUT2D eigenvalue weighted by atomic mass is 9.74. The van der Waals surface area contributed by atoms with Crippen LogP contribution in [0.25, 0.3) is 0 Å². The summed E-state index contributed by atoms with van der Waals surface area (Å²) in [6.07, 6.45) is 0. The number of nitrogens with two attached hydrogens (primary N) is 1. The van der Waals surface area contributed by atoms with E-state index in [1.807, 2.05) is 27.7 Å². The minimum Gasteiger partial charge on any atom is -0.402 e. The molecule has 1 heterocycles. The van der Waals surface area contributed by atoms with Gasteiger partial charge in [0.05, 0.1) is 17.1 Å². The second-order valence-corrected chi connectivity index (χ2v) is 6.37. The molecule has 1 aliphatic rings. The normalized spacial score (nSPS) is 22.1. The van der Waals surface area contributed by atoms with Crippen LogP contribution in [0.4, 0.5) is 8.78 Å². The Bertz CT molecular complexity index is 500. The summed E-state index contributed by atoms with van der Waals surface area (Å²) in [5, 5.41) is -0.0233. The molecule has 0 amide bonds. The highest BCUT2D eigenvalue weighted by Gasteiger charge is 2.54. The first-order chi connectivity index (χ1) is 9.05. The van der Waals surface area contributed by atoms with Crippen molar-refractivity contribution in [3.05, 3.63) is 34.4 Å². The molecule has 0 unspecified atom stereocenters. The van der Waals surface area contributed by atoms with Crippen molar-refractivity contribution in [2.45, 2.75) is 44.8 Å². The summed E-state index contributed by atoms with van der Waals surface area (Å²) in [5.74, 6) is -2.69. The number of benzene rings is 1. The first kappa shape index (κ1) is 15.7. The molecule has 0 aliphatic carbocycles. The summed E-state index contributed by atoms with van der Waals surface area (Å²) < 4.78 is 39.2. The molecular weight excluding hydrogens is 286 g/mol. The number of hydrogen-bond acceptors (Lipinski definition) is 3. The fraction of sp³-hybridized carbons (Fsp3) is 0.538. The molecule has 0 radical (unpaired) electrons. The third kappa shape index (κ3) is 2.57. The standard InChI is InChI=1S/C13H17BClF2NO2/c1-12(2)13(3,4)20-14(19-12)11(18)10-8(16)5-7(15)6-9(10)17/h5-6,11H,18H2,1-4H3/t11-/m0/s1. The van der Waals surface area contributed by atoms with Gasteiger partial charge < -0.3 is 15.0 Å². The molecule has 1 aromatic carbocycles. The lowest BCUT2D eigenvalue weighted by molar-refractivity contribution is 0.00578. The van der Waals surface area contributed by atoms with Crippen LogP contribution in [0.15, 0.2) is 12.1 Å². The van der Waals surface area contributed by atoms with Crippen LogP contribution < -0.4 is 5.73 Å². The van der Waals surface area contributed by atoms with E-state index in [4.69, 9.17) is 26.6 Å². The van der Waals surface area contributed by atoms with Crippen LogP contribution in [0.1, 0.15) is 39.2 Å². The van der Waals surface area contributed by atoms with E-state index in [0.717, 1.165) is 12.1 Å². The van der Waals surface area contributed by atoms with Crippen LogP contribution in [0, 0.1) is 11.6 Å². The number of rotatable bonds is 2. The van der Waals surface area contributed by atoms with Gasteiger partial charge >= 0.3 is 7.12 Å². The first-order valence-corrected chi connectivity index (χ1v) is 6.68. The third-order valence-corrected chi connectivity index (χ3v) is 4.16. The Morgan fingerprint density at radius 1 is 1.10 bits per heavy atom. The molecule has 1 fully saturated rings. The highest BCUT2D eigenvalue weighted by Crippen LogP contribution is 2.40. The molecule has 7 heteroatoms. The van der Waals surface area contributed by atoms with E-state index in [2.05, 4.69) is 0 Å². The predicted molar refractivity (Wildman–Crippen MR) is 74.4 cm³/mol. The molecule has 2 N–H and O–H groups in total. The Labute approximate surface area is 122 Å². The summed E-state index contributed by atoms with van der Waals surface area (Å²) in [7, 11) is -0.926. The van der Waals surface area contributed by atoms with E-state index in [1.165, 1.54) is 0 Å². The summed E-state index contributed by atoms with van der Waals surface area (Å²) in [4.78, 5) is 0. The van der Waals surface area contributed by atoms with Gasteiger partial charge in [-0.3, -0.25) is 0 Å². The molecule has 2 rings (SSSR count). The predicted octanol–water partition coefficient (Wildman–Crippen LogP) is 3.25. The van der Waals surface area contributed by atoms with Crippen LogP contribution in [0.3, 0.4) is 0 Å². The van der Waals surface area contributed by atoms with E-state index in [0.29, 0.717) is 0 Å². The summed E-state index contributed by atoms with van der Waals surface area (Å²) in [6, 6.07) is 2.04. The van der Waals surface area contributed by atoms with Crippen molar-refractivity contribution < 1.29 is 18.1 Å². The van der Waals surface area contributed by atoms with Crippen LogP contribution in [-0.4, -0.2) is 18.3 Å². The molecule has 1 aromatic rings. The Morgan fingerprint density at radius 3 is 1.90 bits per heavy atom. The zero-order valence-corrected chi connectivity index (χ0v) is 12.6. The Morgan fingerprint density at radius 2 is 1.50 bits per heavy atom. The average molecular weight is 304 g/mol. The molecule has 1 aliphatic heterocycles. The van der Waals surface area contributed by atoms with Gasteiger partial charge in [0.15, 0.2) is 0 Å². The number of hydrogen-bond donors (Lipinski definition) is 1. The van der Waals surface area contributed by atoms with E-state index in [9.17, 15) is 8.78 Å². The SMILES string of the molecule is CC1(C)OB([C@@H](N)c2c(F)cc(Cl)cc2F)OC1(C)C. The van der Waals surface area contributed by atoms with Gasteiger partial charge in [0.1, 0.15) is 11.6 Å². The molecule has 0 spiro atoms. The zero-order chi connectivity index (χ0) is 15.3. The van der Waals surface area contributed by atoms with Crippen LogP contribution >= 0.6 is 11.6 Å². The maximum atomic E-state index is 13.9. The molecule has 0 bridgehead atoms. The Balaban J connectivity index is 2.33. The molecular formula is C13H17BClF2NO2. The minimum atomic E-state index is -1.08. The van der Waals surface area contributed by atoms with Gasteiger partial charge in [-0.25, -0.2) is 8.78 Å². The van der Waals surface area contributed by atoms with Crippen molar-refractivity contribution in [3.63, 3.8) is 0 Å². The average Bonchev–Trinajstić information content (AvgIpc) is 2.46. The second kappa shape index (κ2) is 4.95. The van der Waals surface area contributed by atoms with Crippen molar-refractivity contribution in [1.82, 2.24) is 0 Å². The van der Waals surface area contributed by atoms with Crippen molar-refractivity contribution in [2.75, 3.05) is 0 Å². The molecule has 20 heavy (non-hydrogen) atoms. The molecule has 0 saturated carbocycles. The van der Waals surface area contributed by atoms with Gasteiger partial charge in [0, 0.05) is 10.6 Å². The fourth-order valence-electron chi connectivity index (χ4n) is 2.04. The lowest BCUT2D eigenvalue weighted by Gasteiger charge is -2.32. The Hall–Kier alpha value is -0.685. The molecule has 3 nitrogen and oxygen atoms in total. The third-order valence-electron chi connectivity index (χ3n) is 3.94. The van der Waals surface area contributed by atoms with Crippen LogP contribution in [0.5, 0.6) is 0 Å². The minimum absolute atomic E-state index is 0.0233. The van der Waals surface area contributed by atoms with E-state index in [-0.39, 0.29) is 10.6 Å². The van der Waals surface area contributed by atoms with Crippen molar-refractivity contribution in [3.8, 4) is 0 Å². The monoisotopic (exact) mass is 303 g/mol. The van der Waals surface area contributed by atoms with E-state index in [1.54, 1.807) is 0 Å². The van der Waals surface area contributed by atoms with Gasteiger partial charge in [-0.15, -0.1) is 0 Å². The summed E-state index contributed by atoms with van der Waals surface area (Å²) in [5.41, 5.74) is 4.40. The fourth-order valence-corrected chi connectivity index (χ4v) is 2.23. The van der Waals surface area contributed by atoms with Gasteiger partial charge in [-0.05, 0) is 39.8 Å². The van der Waals surface area contributed by atoms with Crippen LogP contribution in [-0.2, 0) is 9.31 Å². The maximum absolute atomic E-state index is 13.9. The molecule has 1 atom stereocenters. The molecule has 0 aromatic heterocycles. The first-order valence-electron chi connectivity index (χ1n) is 6.31. The smallest absolute Gasteiger partial charge is 0.402 e. The summed E-state index contributed by atoms with van der Waals surface area (Å²) in [6.45, 7) is 7.37. The van der Waals surface area contributed by atoms with Crippen molar-refractivity contribution in [1.29, 1.82) is 0 Å². The molecule has 1 saturated heterocycles. The molecule has 110 valence electrons. The van der Waals surface area contributed by atoms with Crippen LogP contribution in [0.2, 0.25) is 5.02 Å². The van der Waals surface area contributed by atoms with Gasteiger partial charge in [-0.1, -0.05) is 11.6 Å². The number of halogens is 3. The van der Waals surface area contributed by atoms with Gasteiger partial charge in [-0.2, -0.15) is 0 Å². The highest BCUT2D eigenvalue weighted by molar-refractivity contribution is 6.47. The zero-order valence-electron chi connectivity index (χ0n) is 11.8. The maximum Gasteiger partial charge on any atom is 0.480 e. The summed E-state index contributed by atoms with van der Waals surface area (Å²) >= 11 is 5.59. The Kier molecular flexibility index (Phi) is 3.88. The largest absolute Gasteiger partial charge is 0.480 e. The van der Waals surface area contributed by atoms with Crippen molar-refractivity contribution in [2.24, 2.45) is 5.73 Å². The quantitative estimate of drug-likeness (QED) is 0.853.